The minimum absolute atomic E-state index is 0.0331. The average molecular weight is 346 g/mol. The zero-order chi connectivity index (χ0) is 18.6. The van der Waals surface area contributed by atoms with Crippen LogP contribution in [0.15, 0.2) is 41.2 Å². The molecule has 1 heterocycles. The van der Waals surface area contributed by atoms with Crippen molar-refractivity contribution in [2.45, 2.75) is 33.7 Å². The van der Waals surface area contributed by atoms with E-state index in [1.54, 1.807) is 25.1 Å². The van der Waals surface area contributed by atoms with E-state index in [4.69, 9.17) is 4.74 Å². The lowest BCUT2D eigenvalue weighted by atomic mass is 9.87. The molecule has 25 heavy (non-hydrogen) atoms. The number of rotatable bonds is 5. The number of hydrogen-bond donors (Lipinski definition) is 2. The van der Waals surface area contributed by atoms with E-state index in [0.717, 1.165) is 0 Å². The van der Waals surface area contributed by atoms with Gasteiger partial charge in [-0.05, 0) is 36.6 Å². The van der Waals surface area contributed by atoms with Crippen LogP contribution < -0.4 is 15.6 Å². The fraction of sp³-hybridized carbons (Fsp3) is 0.368. The van der Waals surface area contributed by atoms with Crippen molar-refractivity contribution in [1.82, 2.24) is 10.3 Å². The van der Waals surface area contributed by atoms with E-state index in [2.05, 4.69) is 10.3 Å². The lowest BCUT2D eigenvalue weighted by Crippen LogP contribution is -2.48. The van der Waals surface area contributed by atoms with Crippen molar-refractivity contribution in [2.75, 3.05) is 6.61 Å². The van der Waals surface area contributed by atoms with Crippen molar-refractivity contribution < 1.29 is 13.9 Å². The van der Waals surface area contributed by atoms with Gasteiger partial charge in [0.1, 0.15) is 12.2 Å². The summed E-state index contributed by atoms with van der Waals surface area (Å²) in [4.78, 5) is 27.0. The van der Waals surface area contributed by atoms with Crippen molar-refractivity contribution in [3.63, 3.8) is 0 Å². The number of amides is 1. The number of para-hydroxylation sites is 1. The van der Waals surface area contributed by atoms with Gasteiger partial charge in [0.05, 0.1) is 6.04 Å². The molecule has 134 valence electrons. The summed E-state index contributed by atoms with van der Waals surface area (Å²) in [5.74, 6) is -0.825. The standard InChI is InChI=1S/C19H23FN2O3/c1-12-9-10-13(17(23)21-12)18(24)22-16(19(2,3)4)11-25-15-8-6-5-7-14(15)20/h5-10,16H,11H2,1-4H3,(H,21,23)(H,22,24)/t16-/m1/s1. The molecule has 5 nitrogen and oxygen atoms in total. The number of ether oxygens (including phenoxy) is 1. The Balaban J connectivity index is 2.14. The van der Waals surface area contributed by atoms with Crippen LogP contribution in [-0.2, 0) is 0 Å². The SMILES string of the molecule is Cc1ccc(C(=O)N[C@H](COc2ccccc2F)C(C)(C)C)c(=O)[nH]1. The number of carbonyl (C=O) groups is 1. The molecule has 0 saturated carbocycles. The summed E-state index contributed by atoms with van der Waals surface area (Å²) in [5, 5.41) is 2.82. The van der Waals surface area contributed by atoms with Crippen molar-refractivity contribution in [3.8, 4) is 5.75 Å². The van der Waals surface area contributed by atoms with Crippen LogP contribution in [0.4, 0.5) is 4.39 Å². The maximum Gasteiger partial charge on any atom is 0.260 e. The zero-order valence-electron chi connectivity index (χ0n) is 14.9. The third-order valence-corrected chi connectivity index (χ3v) is 3.89. The van der Waals surface area contributed by atoms with Crippen LogP contribution in [-0.4, -0.2) is 23.5 Å². The van der Waals surface area contributed by atoms with Gasteiger partial charge in [0.2, 0.25) is 0 Å². The quantitative estimate of drug-likeness (QED) is 0.874. The van der Waals surface area contributed by atoms with E-state index in [-0.39, 0.29) is 23.3 Å². The van der Waals surface area contributed by atoms with E-state index in [1.165, 1.54) is 18.2 Å². The Labute approximate surface area is 146 Å². The molecule has 2 rings (SSSR count). The van der Waals surface area contributed by atoms with Gasteiger partial charge in [-0.15, -0.1) is 0 Å². The summed E-state index contributed by atoms with van der Waals surface area (Å²) in [6.07, 6.45) is 0. The summed E-state index contributed by atoms with van der Waals surface area (Å²) in [6, 6.07) is 8.83. The molecule has 0 bridgehead atoms. The highest BCUT2D eigenvalue weighted by atomic mass is 19.1. The Morgan fingerprint density at radius 2 is 1.92 bits per heavy atom. The Kier molecular flexibility index (Phi) is 5.62. The van der Waals surface area contributed by atoms with Crippen LogP contribution in [0.1, 0.15) is 36.8 Å². The van der Waals surface area contributed by atoms with E-state index >= 15 is 0 Å². The van der Waals surface area contributed by atoms with Gasteiger partial charge in [0.25, 0.3) is 11.5 Å². The largest absolute Gasteiger partial charge is 0.488 e. The Hall–Kier alpha value is -2.63. The van der Waals surface area contributed by atoms with Gasteiger partial charge in [-0.2, -0.15) is 0 Å². The normalized spacial score (nSPS) is 12.5. The fourth-order valence-corrected chi connectivity index (χ4v) is 2.23. The third-order valence-electron chi connectivity index (χ3n) is 3.89. The van der Waals surface area contributed by atoms with Crippen LogP contribution in [0, 0.1) is 18.2 Å². The van der Waals surface area contributed by atoms with E-state index in [1.807, 2.05) is 20.8 Å². The van der Waals surface area contributed by atoms with Crippen molar-refractivity contribution in [2.24, 2.45) is 5.41 Å². The highest BCUT2D eigenvalue weighted by Gasteiger charge is 2.28. The first kappa shape index (κ1) is 18.7. The van der Waals surface area contributed by atoms with E-state index in [0.29, 0.717) is 5.69 Å². The molecule has 0 radical (unpaired) electrons. The molecule has 2 aromatic rings. The maximum atomic E-state index is 13.7. The van der Waals surface area contributed by atoms with Gasteiger partial charge < -0.3 is 15.0 Å². The van der Waals surface area contributed by atoms with Crippen molar-refractivity contribution in [3.05, 3.63) is 63.8 Å². The summed E-state index contributed by atoms with van der Waals surface area (Å²) < 4.78 is 19.2. The van der Waals surface area contributed by atoms with Crippen LogP contribution in [0.5, 0.6) is 5.75 Å². The lowest BCUT2D eigenvalue weighted by Gasteiger charge is -2.31. The third kappa shape index (κ3) is 4.92. The highest BCUT2D eigenvalue weighted by Crippen LogP contribution is 2.22. The smallest absolute Gasteiger partial charge is 0.260 e. The number of aromatic nitrogens is 1. The minimum Gasteiger partial charge on any atom is -0.488 e. The number of carbonyl (C=O) groups excluding carboxylic acids is 1. The first-order valence-corrected chi connectivity index (χ1v) is 8.06. The molecule has 0 fully saturated rings. The van der Waals surface area contributed by atoms with Crippen LogP contribution in [0.25, 0.3) is 0 Å². The molecule has 1 aromatic carbocycles. The van der Waals surface area contributed by atoms with E-state index in [9.17, 15) is 14.0 Å². The molecule has 0 spiro atoms. The van der Waals surface area contributed by atoms with E-state index < -0.39 is 23.3 Å². The lowest BCUT2D eigenvalue weighted by molar-refractivity contribution is 0.0858. The first-order valence-electron chi connectivity index (χ1n) is 8.06. The fourth-order valence-electron chi connectivity index (χ4n) is 2.23. The second kappa shape index (κ2) is 7.51. The zero-order valence-corrected chi connectivity index (χ0v) is 14.9. The molecule has 2 N–H and O–H groups in total. The van der Waals surface area contributed by atoms with Crippen molar-refractivity contribution in [1.29, 1.82) is 0 Å². The number of hydrogen-bond acceptors (Lipinski definition) is 3. The molecule has 0 saturated heterocycles. The molecule has 0 aliphatic rings. The summed E-state index contributed by atoms with van der Waals surface area (Å²) in [5.41, 5.74) is -0.0824. The molecule has 1 amide bonds. The predicted octanol–water partition coefficient (Wildman–Crippen LogP) is 3.05. The number of aromatic amines is 1. The van der Waals surface area contributed by atoms with Gasteiger partial charge in [-0.3, -0.25) is 9.59 Å². The molecular formula is C19H23FN2O3. The second-order valence-electron chi connectivity index (χ2n) is 7.02. The molecular weight excluding hydrogens is 323 g/mol. The second-order valence-corrected chi connectivity index (χ2v) is 7.02. The number of pyridine rings is 1. The number of benzene rings is 1. The van der Waals surface area contributed by atoms with Gasteiger partial charge in [0.15, 0.2) is 11.6 Å². The van der Waals surface area contributed by atoms with Gasteiger partial charge in [-0.1, -0.05) is 32.9 Å². The Bertz CT molecular complexity index is 809. The summed E-state index contributed by atoms with van der Waals surface area (Å²) in [7, 11) is 0. The monoisotopic (exact) mass is 346 g/mol. The molecule has 6 heteroatoms. The molecule has 0 unspecified atom stereocenters. The number of H-pyrrole nitrogens is 1. The summed E-state index contributed by atoms with van der Waals surface area (Å²) in [6.45, 7) is 7.62. The van der Waals surface area contributed by atoms with Gasteiger partial charge >= 0.3 is 0 Å². The molecule has 0 aliphatic heterocycles. The molecule has 1 atom stereocenters. The highest BCUT2D eigenvalue weighted by molar-refractivity contribution is 5.94. The summed E-state index contributed by atoms with van der Waals surface area (Å²) >= 11 is 0. The van der Waals surface area contributed by atoms with Crippen molar-refractivity contribution >= 4 is 5.91 Å². The van der Waals surface area contributed by atoms with Crippen LogP contribution >= 0.6 is 0 Å². The average Bonchev–Trinajstić information content (AvgIpc) is 2.51. The Morgan fingerprint density at radius 1 is 1.24 bits per heavy atom. The number of nitrogens with one attached hydrogen (secondary N) is 2. The number of aryl methyl sites for hydroxylation is 1. The first-order chi connectivity index (χ1) is 11.7. The van der Waals surface area contributed by atoms with Gasteiger partial charge in [0, 0.05) is 5.69 Å². The molecule has 0 aliphatic carbocycles. The van der Waals surface area contributed by atoms with Crippen LogP contribution in [0.3, 0.4) is 0 Å². The maximum absolute atomic E-state index is 13.7. The topological polar surface area (TPSA) is 71.2 Å². The van der Waals surface area contributed by atoms with Gasteiger partial charge in [-0.25, -0.2) is 4.39 Å². The Morgan fingerprint density at radius 3 is 2.52 bits per heavy atom. The molecule has 1 aromatic heterocycles. The van der Waals surface area contributed by atoms with Crippen LogP contribution in [0.2, 0.25) is 0 Å². The number of halogens is 1. The minimum atomic E-state index is -0.488. The predicted molar refractivity (Wildman–Crippen MR) is 94.4 cm³/mol.